The minimum absolute atomic E-state index is 0.149. The molecule has 3 heteroatoms. The lowest BCUT2D eigenvalue weighted by Gasteiger charge is -2.33. The molecule has 1 fully saturated rings. The maximum atomic E-state index is 6.08. The van der Waals surface area contributed by atoms with Crippen LogP contribution >= 0.6 is 15.9 Å². The van der Waals surface area contributed by atoms with Crippen LogP contribution in [0, 0.1) is 0 Å². The molecule has 1 aromatic carbocycles. The summed E-state index contributed by atoms with van der Waals surface area (Å²) in [7, 11) is 2.11. The molecule has 0 radical (unpaired) electrons. The molecular formula is C12H16BrNO. The molecule has 0 bridgehead atoms. The molecule has 1 heterocycles. The van der Waals surface area contributed by atoms with Crippen molar-refractivity contribution in [2.24, 2.45) is 0 Å². The lowest BCUT2D eigenvalue weighted by molar-refractivity contribution is -0.0251. The summed E-state index contributed by atoms with van der Waals surface area (Å²) in [5.41, 5.74) is -0.149. The number of rotatable bonds is 2. The van der Waals surface area contributed by atoms with Crippen LogP contribution in [0.2, 0.25) is 0 Å². The molecule has 0 aliphatic carbocycles. The molecule has 0 amide bonds. The largest absolute Gasteiger partial charge is 0.472 e. The lowest BCUT2D eigenvalue weighted by atomic mass is 10.2. The summed E-state index contributed by atoms with van der Waals surface area (Å²) in [6.45, 7) is 3.26. The molecule has 2 nitrogen and oxygen atoms in total. The van der Waals surface area contributed by atoms with Gasteiger partial charge in [0.1, 0.15) is 5.75 Å². The van der Waals surface area contributed by atoms with E-state index in [0.717, 1.165) is 23.2 Å². The van der Waals surface area contributed by atoms with E-state index >= 15 is 0 Å². The van der Waals surface area contributed by atoms with Gasteiger partial charge < -0.3 is 4.74 Å². The SMILES string of the molecule is CN1CCCC1(C)Oc1ccccc1Br. The Balaban J connectivity index is 2.18. The molecule has 0 saturated carbocycles. The van der Waals surface area contributed by atoms with E-state index in [9.17, 15) is 0 Å². The van der Waals surface area contributed by atoms with Crippen molar-refractivity contribution in [2.75, 3.05) is 13.6 Å². The molecule has 15 heavy (non-hydrogen) atoms. The first kappa shape index (κ1) is 11.0. The first-order valence-corrected chi connectivity index (χ1v) is 6.06. The molecule has 1 unspecified atom stereocenters. The van der Waals surface area contributed by atoms with Gasteiger partial charge in [0.25, 0.3) is 0 Å². The van der Waals surface area contributed by atoms with Crippen LogP contribution in [0.5, 0.6) is 5.75 Å². The zero-order valence-electron chi connectivity index (χ0n) is 9.16. The quantitative estimate of drug-likeness (QED) is 0.817. The molecular weight excluding hydrogens is 254 g/mol. The van der Waals surface area contributed by atoms with Crippen molar-refractivity contribution in [1.82, 2.24) is 4.90 Å². The number of halogens is 1. The second-order valence-electron chi connectivity index (χ2n) is 4.23. The van der Waals surface area contributed by atoms with Gasteiger partial charge in [-0.15, -0.1) is 0 Å². The van der Waals surface area contributed by atoms with E-state index in [-0.39, 0.29) is 5.72 Å². The van der Waals surface area contributed by atoms with E-state index in [0.29, 0.717) is 0 Å². The standard InChI is InChI=1S/C12H16BrNO/c1-12(8-5-9-14(12)2)15-11-7-4-3-6-10(11)13/h3-4,6-7H,5,8-9H2,1-2H3. The third-order valence-electron chi connectivity index (χ3n) is 3.11. The van der Waals surface area contributed by atoms with Gasteiger partial charge in [0.2, 0.25) is 0 Å². The first-order chi connectivity index (χ1) is 7.12. The Hall–Kier alpha value is -0.540. The summed E-state index contributed by atoms with van der Waals surface area (Å²) in [5, 5.41) is 0. The molecule has 1 saturated heterocycles. The zero-order chi connectivity index (χ0) is 10.9. The van der Waals surface area contributed by atoms with E-state index in [1.54, 1.807) is 0 Å². The molecule has 82 valence electrons. The van der Waals surface area contributed by atoms with E-state index in [1.807, 2.05) is 24.3 Å². The molecule has 0 N–H and O–H groups in total. The number of nitrogens with zero attached hydrogens (tertiary/aromatic N) is 1. The van der Waals surface area contributed by atoms with E-state index in [1.165, 1.54) is 6.42 Å². The van der Waals surface area contributed by atoms with Crippen molar-refractivity contribution in [3.05, 3.63) is 28.7 Å². The molecule has 1 aliphatic heterocycles. The van der Waals surface area contributed by atoms with Gasteiger partial charge in [-0.05, 0) is 48.5 Å². The third-order valence-corrected chi connectivity index (χ3v) is 3.76. The Morgan fingerprint density at radius 1 is 1.40 bits per heavy atom. The second-order valence-corrected chi connectivity index (χ2v) is 5.09. The fourth-order valence-electron chi connectivity index (χ4n) is 1.96. The van der Waals surface area contributed by atoms with Gasteiger partial charge in [-0.25, -0.2) is 0 Å². The number of hydrogen-bond donors (Lipinski definition) is 0. The van der Waals surface area contributed by atoms with Crippen LogP contribution in [0.4, 0.5) is 0 Å². The highest BCUT2D eigenvalue weighted by atomic mass is 79.9. The number of benzene rings is 1. The van der Waals surface area contributed by atoms with Crippen LogP contribution in [0.3, 0.4) is 0 Å². The Bertz CT molecular complexity index is 355. The van der Waals surface area contributed by atoms with Crippen LogP contribution in [-0.2, 0) is 0 Å². The molecule has 2 rings (SSSR count). The second kappa shape index (κ2) is 4.14. The third kappa shape index (κ3) is 2.18. The van der Waals surface area contributed by atoms with Gasteiger partial charge >= 0.3 is 0 Å². The van der Waals surface area contributed by atoms with Crippen molar-refractivity contribution >= 4 is 15.9 Å². The molecule has 0 spiro atoms. The first-order valence-electron chi connectivity index (χ1n) is 5.27. The van der Waals surface area contributed by atoms with Crippen molar-refractivity contribution < 1.29 is 4.74 Å². The van der Waals surface area contributed by atoms with Crippen LogP contribution in [0.15, 0.2) is 28.7 Å². The summed E-state index contributed by atoms with van der Waals surface area (Å²) >= 11 is 3.50. The number of hydrogen-bond acceptors (Lipinski definition) is 2. The van der Waals surface area contributed by atoms with E-state index in [4.69, 9.17) is 4.74 Å². The molecule has 1 aromatic rings. The normalized spacial score (nSPS) is 26.9. The Kier molecular flexibility index (Phi) is 3.03. The van der Waals surface area contributed by atoms with Crippen LogP contribution in [0.25, 0.3) is 0 Å². The van der Waals surface area contributed by atoms with E-state index < -0.39 is 0 Å². The Labute approximate surface area is 99.4 Å². The minimum Gasteiger partial charge on any atom is -0.472 e. The van der Waals surface area contributed by atoms with Crippen LogP contribution in [-0.4, -0.2) is 24.2 Å². The maximum Gasteiger partial charge on any atom is 0.160 e. The van der Waals surface area contributed by atoms with Crippen molar-refractivity contribution in [3.63, 3.8) is 0 Å². The summed E-state index contributed by atoms with van der Waals surface area (Å²) in [6, 6.07) is 8.01. The monoisotopic (exact) mass is 269 g/mol. The van der Waals surface area contributed by atoms with Gasteiger partial charge in [-0.2, -0.15) is 0 Å². The highest BCUT2D eigenvalue weighted by molar-refractivity contribution is 9.10. The Morgan fingerprint density at radius 3 is 2.73 bits per heavy atom. The summed E-state index contributed by atoms with van der Waals surface area (Å²) < 4.78 is 7.10. The number of likely N-dealkylation sites (tertiary alicyclic amines) is 1. The highest BCUT2D eigenvalue weighted by Crippen LogP contribution is 2.33. The summed E-state index contributed by atoms with van der Waals surface area (Å²) in [4.78, 5) is 2.27. The topological polar surface area (TPSA) is 12.5 Å². The predicted octanol–water partition coefficient (Wildman–Crippen LogP) is 3.27. The van der Waals surface area contributed by atoms with Gasteiger partial charge in [-0.1, -0.05) is 12.1 Å². The minimum atomic E-state index is -0.149. The fourth-order valence-corrected chi connectivity index (χ4v) is 2.33. The number of ether oxygens (including phenoxy) is 1. The summed E-state index contributed by atoms with van der Waals surface area (Å²) in [6.07, 6.45) is 2.29. The van der Waals surface area contributed by atoms with Crippen LogP contribution in [0.1, 0.15) is 19.8 Å². The van der Waals surface area contributed by atoms with Crippen molar-refractivity contribution in [2.45, 2.75) is 25.5 Å². The van der Waals surface area contributed by atoms with E-state index in [2.05, 4.69) is 34.8 Å². The van der Waals surface area contributed by atoms with Gasteiger partial charge in [-0.3, -0.25) is 4.90 Å². The van der Waals surface area contributed by atoms with Crippen molar-refractivity contribution in [3.8, 4) is 5.75 Å². The zero-order valence-corrected chi connectivity index (χ0v) is 10.8. The number of para-hydroxylation sites is 1. The fraction of sp³-hybridized carbons (Fsp3) is 0.500. The van der Waals surface area contributed by atoms with Gasteiger partial charge in [0, 0.05) is 13.0 Å². The van der Waals surface area contributed by atoms with Crippen molar-refractivity contribution in [1.29, 1.82) is 0 Å². The lowest BCUT2D eigenvalue weighted by Crippen LogP contribution is -2.43. The highest BCUT2D eigenvalue weighted by Gasteiger charge is 2.36. The maximum absolute atomic E-state index is 6.08. The van der Waals surface area contributed by atoms with Gasteiger partial charge in [0.05, 0.1) is 4.47 Å². The van der Waals surface area contributed by atoms with Gasteiger partial charge in [0.15, 0.2) is 5.72 Å². The summed E-state index contributed by atoms with van der Waals surface area (Å²) in [5.74, 6) is 0.925. The smallest absolute Gasteiger partial charge is 0.160 e. The molecule has 1 aliphatic rings. The average Bonchev–Trinajstić information content (AvgIpc) is 2.51. The molecule has 1 atom stereocenters. The van der Waals surface area contributed by atoms with Crippen LogP contribution < -0.4 is 4.74 Å². The Morgan fingerprint density at radius 2 is 2.13 bits per heavy atom. The average molecular weight is 270 g/mol. The predicted molar refractivity (Wildman–Crippen MR) is 65.0 cm³/mol. The molecule has 0 aromatic heterocycles.